The van der Waals surface area contributed by atoms with E-state index in [4.69, 9.17) is 55.5 Å². The van der Waals surface area contributed by atoms with Crippen LogP contribution in [0.25, 0.3) is 11.2 Å². The second-order valence-electron chi connectivity index (χ2n) is 20.3. The van der Waals surface area contributed by atoms with Crippen molar-refractivity contribution >= 4 is 61.9 Å². The van der Waals surface area contributed by atoms with Gasteiger partial charge in [0.1, 0.15) is 47.4 Å². The molecule has 2 aromatic heterocycles. The van der Waals surface area contributed by atoms with Crippen molar-refractivity contribution in [3.63, 3.8) is 0 Å². The van der Waals surface area contributed by atoms with Crippen LogP contribution < -0.4 is 33.6 Å². The minimum Gasteiger partial charge on any atom is -0.391 e. The first-order valence-corrected chi connectivity index (χ1v) is 31.0. The van der Waals surface area contributed by atoms with Crippen LogP contribution in [0, 0.1) is 0 Å². The molecule has 7 atom stereocenters. The number of Topliss-reactive ketones (excluding diaryl/α,β-unsaturated/α-hetero) is 2. The summed E-state index contributed by atoms with van der Waals surface area (Å²) >= 11 is 0. The predicted octanol–water partition coefficient (Wildman–Crippen LogP) is 3.25. The Kier molecular flexibility index (Phi) is 36.5. The first-order chi connectivity index (χ1) is 38.8. The summed E-state index contributed by atoms with van der Waals surface area (Å²) in [5.74, 6) is -0.609. The van der Waals surface area contributed by atoms with Gasteiger partial charge in [0.05, 0.1) is 71.3 Å². The number of hydrogen-bond acceptors (Lipinski definition) is 23. The van der Waals surface area contributed by atoms with E-state index in [2.05, 4.69) is 30.1 Å². The van der Waals surface area contributed by atoms with Gasteiger partial charge in [-0.2, -0.15) is 0 Å². The van der Waals surface area contributed by atoms with Crippen LogP contribution in [0.15, 0.2) is 12.7 Å². The number of imidazole rings is 1. The van der Waals surface area contributed by atoms with Crippen LogP contribution >= 0.6 is 15.6 Å². The SMILES string of the molecule is C.C.COP(=O)(O)OC[C@H]1O[C@@H](n2cnc3c(N)ncnc32)C[C@@H]1OP(=O)(O)OC[C@@H]1C[C@@H](O)CN1C(=O)CCCCCCCCC(=O)NC(COCCC(=O)CCCCN)(COCCC(=O)CCCCN)COCCC(=O)NCCCN. The van der Waals surface area contributed by atoms with Crippen molar-refractivity contribution in [2.24, 2.45) is 17.2 Å². The summed E-state index contributed by atoms with van der Waals surface area (Å²) in [6.45, 7) is 0.862. The number of rotatable bonds is 46. The molecule has 83 heavy (non-hydrogen) atoms. The summed E-state index contributed by atoms with van der Waals surface area (Å²) in [6, 6.07) is -0.748. The average molecular weight is 1230 g/mol. The Morgan fingerprint density at radius 3 is 1.88 bits per heavy atom. The summed E-state index contributed by atoms with van der Waals surface area (Å²) in [4.78, 5) is 99.0. The highest BCUT2D eigenvalue weighted by Crippen LogP contribution is 2.50. The molecular weight excluding hydrogens is 1130 g/mol. The van der Waals surface area contributed by atoms with E-state index in [0.29, 0.717) is 89.6 Å². The van der Waals surface area contributed by atoms with Crippen LogP contribution in [0.3, 0.4) is 0 Å². The fraction of sp³-hybridized carbons (Fsp3) is 0.808. The van der Waals surface area contributed by atoms with Crippen molar-refractivity contribution in [1.82, 2.24) is 35.1 Å². The lowest BCUT2D eigenvalue weighted by Gasteiger charge is -2.34. The molecule has 0 spiro atoms. The largest absolute Gasteiger partial charge is 0.472 e. The number of aromatic nitrogens is 4. The third-order valence-electron chi connectivity index (χ3n) is 13.6. The van der Waals surface area contributed by atoms with Gasteiger partial charge in [0.2, 0.25) is 17.7 Å². The molecule has 2 saturated heterocycles. The van der Waals surface area contributed by atoms with Crippen molar-refractivity contribution in [1.29, 1.82) is 0 Å². The van der Waals surface area contributed by atoms with Gasteiger partial charge < -0.3 is 72.3 Å². The molecule has 0 bridgehead atoms. The van der Waals surface area contributed by atoms with Gasteiger partial charge in [0.25, 0.3) is 0 Å². The van der Waals surface area contributed by atoms with E-state index in [-0.39, 0.29) is 147 Å². The number of nitrogens with two attached hydrogens (primary N) is 4. The number of aliphatic hydroxyl groups excluding tert-OH is 1. The van der Waals surface area contributed by atoms with E-state index in [1.54, 1.807) is 0 Å². The van der Waals surface area contributed by atoms with Crippen LogP contribution in [0.1, 0.15) is 149 Å². The van der Waals surface area contributed by atoms with E-state index < -0.39 is 65.0 Å². The van der Waals surface area contributed by atoms with Crippen LogP contribution in [-0.4, -0.2) is 191 Å². The Bertz CT molecular complexity index is 2250. The van der Waals surface area contributed by atoms with E-state index >= 15 is 0 Å². The lowest BCUT2D eigenvalue weighted by Crippen LogP contribution is -2.58. The fourth-order valence-corrected chi connectivity index (χ4v) is 10.5. The summed E-state index contributed by atoms with van der Waals surface area (Å²) in [5.41, 5.74) is 22.0. The molecule has 29 nitrogen and oxygen atoms in total. The molecular formula is C52H97N11O18P2. The number of ketones is 2. The predicted molar refractivity (Wildman–Crippen MR) is 308 cm³/mol. The number of amides is 3. The smallest absolute Gasteiger partial charge is 0.391 e. The second-order valence-corrected chi connectivity index (χ2v) is 23.3. The zero-order valence-electron chi connectivity index (χ0n) is 46.8. The third kappa shape index (κ3) is 28.4. The second kappa shape index (κ2) is 40.4. The minimum atomic E-state index is -4.91. The van der Waals surface area contributed by atoms with Gasteiger partial charge in [-0.1, -0.05) is 40.5 Å². The van der Waals surface area contributed by atoms with Crippen LogP contribution in [-0.2, 0) is 70.1 Å². The highest BCUT2D eigenvalue weighted by atomic mass is 31.2. The fourth-order valence-electron chi connectivity index (χ4n) is 9.12. The number of phosphoric ester groups is 2. The molecule has 0 aliphatic carbocycles. The van der Waals surface area contributed by atoms with E-state index in [9.17, 15) is 48.0 Å². The quantitative estimate of drug-likeness (QED) is 0.0339. The van der Waals surface area contributed by atoms with Gasteiger partial charge in [0, 0.05) is 71.6 Å². The zero-order chi connectivity index (χ0) is 59.1. The number of unbranched alkanes of at least 4 members (excludes halogenated alkanes) is 7. The first-order valence-electron chi connectivity index (χ1n) is 28.0. The lowest BCUT2D eigenvalue weighted by atomic mass is 10.0. The van der Waals surface area contributed by atoms with Crippen molar-refractivity contribution < 1.29 is 85.0 Å². The Hall–Kier alpha value is -4.00. The number of hydrogen-bond donors (Lipinski definition) is 9. The lowest BCUT2D eigenvalue weighted by molar-refractivity contribution is -0.133. The maximum absolute atomic E-state index is 13.6. The van der Waals surface area contributed by atoms with Crippen LogP contribution in [0.5, 0.6) is 0 Å². The molecule has 13 N–H and O–H groups in total. The van der Waals surface area contributed by atoms with Crippen LogP contribution in [0.2, 0.25) is 0 Å². The molecule has 0 radical (unpaired) electrons. The van der Waals surface area contributed by atoms with Gasteiger partial charge in [0.15, 0.2) is 11.5 Å². The minimum absolute atomic E-state index is 0. The summed E-state index contributed by atoms with van der Waals surface area (Å²) < 4.78 is 71.6. The Morgan fingerprint density at radius 1 is 0.711 bits per heavy atom. The number of fused-ring (bicyclic) bond motifs is 1. The number of phosphoric acid groups is 2. The number of carbonyl (C=O) groups is 5. The number of nitrogens with one attached hydrogen (secondary N) is 2. The molecule has 4 heterocycles. The van der Waals surface area contributed by atoms with Crippen molar-refractivity contribution in [2.75, 3.05) is 98.4 Å². The maximum Gasteiger partial charge on any atom is 0.472 e. The van der Waals surface area contributed by atoms with E-state index in [0.717, 1.165) is 32.8 Å². The van der Waals surface area contributed by atoms with E-state index in [1.807, 2.05) is 0 Å². The Labute approximate surface area is 488 Å². The Balaban J connectivity index is 0.0000118. The number of anilines is 1. The van der Waals surface area contributed by atoms with Gasteiger partial charge >= 0.3 is 15.6 Å². The number of carbonyl (C=O) groups excluding carboxylic acids is 5. The summed E-state index contributed by atoms with van der Waals surface area (Å²) in [5, 5.41) is 16.4. The molecule has 478 valence electrons. The zero-order valence-corrected chi connectivity index (χ0v) is 48.6. The highest BCUT2D eigenvalue weighted by Gasteiger charge is 2.44. The first kappa shape index (κ1) is 75.1. The van der Waals surface area contributed by atoms with Crippen molar-refractivity contribution in [3.8, 4) is 0 Å². The molecule has 3 amide bonds. The average Bonchev–Trinajstić information content (AvgIpc) is 3.63. The van der Waals surface area contributed by atoms with Crippen molar-refractivity contribution in [3.05, 3.63) is 12.7 Å². The van der Waals surface area contributed by atoms with Crippen molar-refractivity contribution in [2.45, 2.75) is 179 Å². The maximum atomic E-state index is 13.6. The summed E-state index contributed by atoms with van der Waals surface area (Å²) in [6.07, 6.45) is 7.34. The van der Waals surface area contributed by atoms with Gasteiger partial charge in [-0.05, 0) is 71.0 Å². The standard InChI is InChI=1S/C50H89N11O18P2.2CH4/c1-72-80(68,69)77-31-42-41(28-46(78-42)61-36-58-47-48(54)56-35-57-49(47)61)79-81(70,71)76-30-37-27-40(64)29-60(37)45(67)16-7-5-3-2-4-6-15-44(66)59-50(32-73-24-17-38(62)13-8-10-20-51,33-74-25-18-39(63)14-9-11-21-52)34-75-26-19-43(65)55-23-12-22-53;;/h35-37,40-42,46,64H,2-34,51-53H2,1H3,(H,55,65)(H,59,66)(H,68,69)(H,70,71)(H2,54,56,57);2*1H4/t37-,40+,41-,42+,46+;;/m0../s1. The molecule has 4 rings (SSSR count). The van der Waals surface area contributed by atoms with Gasteiger partial charge in [-0.25, -0.2) is 24.1 Å². The monoisotopic (exact) mass is 1230 g/mol. The van der Waals surface area contributed by atoms with Gasteiger partial charge in [-0.3, -0.25) is 46.6 Å². The number of nitrogens with zero attached hydrogens (tertiary/aromatic N) is 5. The number of β-amino-alcohol motifs (C(OH)–C–C–N with tert-alkyl or cyclic N) is 1. The topological polar surface area (TPSA) is 429 Å². The summed E-state index contributed by atoms with van der Waals surface area (Å²) in [7, 11) is -8.43. The molecule has 0 saturated carbocycles. The number of nitrogen functional groups attached to an aromatic ring is 1. The number of ether oxygens (including phenoxy) is 4. The van der Waals surface area contributed by atoms with Gasteiger partial charge in [-0.15, -0.1) is 0 Å². The highest BCUT2D eigenvalue weighted by molar-refractivity contribution is 7.47. The molecule has 2 fully saturated rings. The molecule has 0 aromatic carbocycles. The number of likely N-dealkylation sites (tertiary alicyclic amines) is 1. The molecule has 2 unspecified atom stereocenters. The Morgan fingerprint density at radius 2 is 1.28 bits per heavy atom. The molecule has 2 aromatic rings. The number of aliphatic hydroxyl groups is 1. The normalized spacial score (nSPS) is 19.4. The van der Waals surface area contributed by atoms with Crippen LogP contribution in [0.4, 0.5) is 5.82 Å². The van der Waals surface area contributed by atoms with E-state index in [1.165, 1.54) is 22.1 Å². The molecule has 2 aliphatic rings. The molecule has 2 aliphatic heterocycles. The molecule has 31 heteroatoms. The third-order valence-corrected chi connectivity index (χ3v) is 15.5.